The number of hydrogen-bond donors (Lipinski definition) is 1. The van der Waals surface area contributed by atoms with Crippen LogP contribution in [0, 0.1) is 0 Å². The van der Waals surface area contributed by atoms with Gasteiger partial charge in [0, 0.05) is 6.20 Å². The molecule has 4 nitrogen and oxygen atoms in total. The molecule has 0 saturated carbocycles. The molecule has 1 N–H and O–H groups in total. The fourth-order valence-corrected chi connectivity index (χ4v) is 1.23. The Morgan fingerprint density at radius 1 is 1.62 bits per heavy atom. The molecular formula is C12H17NO3. The number of carbonyl (C=O) groups is 1. The highest BCUT2D eigenvalue weighted by molar-refractivity contribution is 5.72. The molecule has 1 atom stereocenters. The van der Waals surface area contributed by atoms with E-state index in [9.17, 15) is 9.90 Å². The molecule has 0 aliphatic heterocycles. The lowest BCUT2D eigenvalue weighted by Gasteiger charge is -2.20. The Morgan fingerprint density at radius 3 is 2.75 bits per heavy atom. The van der Waals surface area contributed by atoms with Crippen molar-refractivity contribution in [3.05, 3.63) is 36.7 Å². The maximum Gasteiger partial charge on any atom is 0.418 e. The lowest BCUT2D eigenvalue weighted by Crippen LogP contribution is -2.28. The van der Waals surface area contributed by atoms with Gasteiger partial charge in [-0.25, -0.2) is 4.79 Å². The van der Waals surface area contributed by atoms with Crippen molar-refractivity contribution in [3.8, 4) is 0 Å². The van der Waals surface area contributed by atoms with Gasteiger partial charge in [-0.15, -0.1) is 6.58 Å². The van der Waals surface area contributed by atoms with Gasteiger partial charge in [0.25, 0.3) is 0 Å². The van der Waals surface area contributed by atoms with E-state index >= 15 is 0 Å². The molecule has 88 valence electrons. The molecule has 0 bridgehead atoms. The van der Waals surface area contributed by atoms with Gasteiger partial charge >= 0.3 is 6.09 Å². The van der Waals surface area contributed by atoms with Crippen molar-refractivity contribution in [2.45, 2.75) is 32.5 Å². The normalized spacial score (nSPS) is 13.2. The molecule has 0 fully saturated rings. The van der Waals surface area contributed by atoms with E-state index in [1.807, 2.05) is 0 Å². The largest absolute Gasteiger partial charge is 0.443 e. The first kappa shape index (κ1) is 12.5. The molecule has 0 amide bonds. The van der Waals surface area contributed by atoms with E-state index < -0.39 is 17.8 Å². The summed E-state index contributed by atoms with van der Waals surface area (Å²) in [6, 6.07) is 3.32. The highest BCUT2D eigenvalue weighted by Crippen LogP contribution is 2.17. The van der Waals surface area contributed by atoms with Crippen molar-refractivity contribution in [2.75, 3.05) is 0 Å². The van der Waals surface area contributed by atoms with Crippen LogP contribution in [-0.2, 0) is 4.74 Å². The minimum absolute atomic E-state index is 0.448. The lowest BCUT2D eigenvalue weighted by molar-refractivity contribution is 0.0521. The lowest BCUT2D eigenvalue weighted by atomic mass is 10.2. The topological polar surface area (TPSA) is 51.5 Å². The zero-order valence-electron chi connectivity index (χ0n) is 9.80. The second-order valence-electron chi connectivity index (χ2n) is 4.46. The van der Waals surface area contributed by atoms with Crippen LogP contribution in [0.25, 0.3) is 0 Å². The van der Waals surface area contributed by atoms with E-state index in [-0.39, 0.29) is 0 Å². The quantitative estimate of drug-likeness (QED) is 0.784. The van der Waals surface area contributed by atoms with Gasteiger partial charge in [0.15, 0.2) is 0 Å². The Hall–Kier alpha value is -1.55. The highest BCUT2D eigenvalue weighted by Gasteiger charge is 2.20. The molecule has 0 spiro atoms. The Bertz CT molecular complexity index is 387. The van der Waals surface area contributed by atoms with Crippen molar-refractivity contribution in [1.29, 1.82) is 0 Å². The zero-order valence-corrected chi connectivity index (χ0v) is 9.80. The van der Waals surface area contributed by atoms with Gasteiger partial charge in [0.2, 0.25) is 0 Å². The molecule has 0 aliphatic rings. The molecule has 1 aromatic rings. The third-order valence-corrected chi connectivity index (χ3v) is 1.90. The third-order valence-electron chi connectivity index (χ3n) is 1.90. The summed E-state index contributed by atoms with van der Waals surface area (Å²) < 4.78 is 6.47. The van der Waals surface area contributed by atoms with E-state index in [1.54, 1.807) is 39.1 Å². The minimum atomic E-state index is -0.873. The van der Waals surface area contributed by atoms with Crippen molar-refractivity contribution >= 4 is 6.09 Å². The fraction of sp³-hybridized carbons (Fsp3) is 0.417. The van der Waals surface area contributed by atoms with E-state index in [0.717, 1.165) is 0 Å². The van der Waals surface area contributed by atoms with Gasteiger partial charge in [-0.05, 0) is 32.9 Å². The molecule has 0 radical (unpaired) electrons. The Labute approximate surface area is 95.1 Å². The first-order valence-corrected chi connectivity index (χ1v) is 5.06. The maximum absolute atomic E-state index is 11.8. The Kier molecular flexibility index (Phi) is 3.55. The summed E-state index contributed by atoms with van der Waals surface area (Å²) in [6.07, 6.45) is 1.53. The van der Waals surface area contributed by atoms with Gasteiger partial charge < -0.3 is 9.84 Å². The van der Waals surface area contributed by atoms with Gasteiger partial charge in [-0.1, -0.05) is 6.08 Å². The summed E-state index contributed by atoms with van der Waals surface area (Å²) in [4.78, 5) is 11.8. The summed E-state index contributed by atoms with van der Waals surface area (Å²) in [7, 11) is 0. The first-order chi connectivity index (χ1) is 7.35. The van der Waals surface area contributed by atoms with Crippen LogP contribution in [0.2, 0.25) is 0 Å². The zero-order chi connectivity index (χ0) is 12.3. The monoisotopic (exact) mass is 223 g/mol. The number of rotatable bonds is 2. The standard InChI is InChI=1S/C12H17NO3/c1-5-10(14)9-7-6-8-13(9)11(15)16-12(2,3)4/h5-8,10,14H,1H2,2-4H3. The Morgan fingerprint density at radius 2 is 2.25 bits per heavy atom. The number of ether oxygens (including phenoxy) is 1. The summed E-state index contributed by atoms with van der Waals surface area (Å²) in [6.45, 7) is 8.85. The summed E-state index contributed by atoms with van der Waals surface area (Å²) in [5.41, 5.74) is -0.109. The SMILES string of the molecule is C=CC(O)c1cccn1C(=O)OC(C)(C)C. The molecule has 1 aromatic heterocycles. The number of carbonyl (C=O) groups excluding carboxylic acids is 1. The van der Waals surface area contributed by atoms with Crippen molar-refractivity contribution in [3.63, 3.8) is 0 Å². The van der Waals surface area contributed by atoms with E-state index in [0.29, 0.717) is 5.69 Å². The van der Waals surface area contributed by atoms with E-state index in [4.69, 9.17) is 4.74 Å². The predicted octanol–water partition coefficient (Wildman–Crippen LogP) is 2.49. The van der Waals surface area contributed by atoms with Crippen LogP contribution in [-0.4, -0.2) is 21.4 Å². The second-order valence-corrected chi connectivity index (χ2v) is 4.46. The van der Waals surface area contributed by atoms with Gasteiger partial charge in [-0.3, -0.25) is 4.57 Å². The average Bonchev–Trinajstić information content (AvgIpc) is 2.62. The van der Waals surface area contributed by atoms with Crippen molar-refractivity contribution in [2.24, 2.45) is 0 Å². The molecule has 1 unspecified atom stereocenters. The molecular weight excluding hydrogens is 206 g/mol. The molecule has 16 heavy (non-hydrogen) atoms. The van der Waals surface area contributed by atoms with E-state index in [1.165, 1.54) is 10.6 Å². The van der Waals surface area contributed by atoms with Crippen molar-refractivity contribution < 1.29 is 14.6 Å². The van der Waals surface area contributed by atoms with Crippen molar-refractivity contribution in [1.82, 2.24) is 4.57 Å². The van der Waals surface area contributed by atoms with Crippen LogP contribution in [0.1, 0.15) is 32.6 Å². The number of hydrogen-bond acceptors (Lipinski definition) is 3. The molecule has 0 aliphatic carbocycles. The molecule has 1 heterocycles. The third kappa shape index (κ3) is 2.97. The second kappa shape index (κ2) is 4.53. The summed E-state index contributed by atoms with van der Waals surface area (Å²) in [5.74, 6) is 0. The summed E-state index contributed by atoms with van der Waals surface area (Å²) in [5, 5.41) is 9.60. The first-order valence-electron chi connectivity index (χ1n) is 5.06. The van der Waals surface area contributed by atoms with Crippen LogP contribution >= 0.6 is 0 Å². The van der Waals surface area contributed by atoms with E-state index in [2.05, 4.69) is 6.58 Å². The average molecular weight is 223 g/mol. The fourth-order valence-electron chi connectivity index (χ4n) is 1.23. The number of aromatic nitrogens is 1. The molecule has 0 saturated heterocycles. The van der Waals surface area contributed by atoms with Gasteiger partial charge in [-0.2, -0.15) is 0 Å². The van der Waals surface area contributed by atoms with Gasteiger partial charge in [0.1, 0.15) is 11.7 Å². The van der Waals surface area contributed by atoms with Crippen LogP contribution in [0.15, 0.2) is 31.0 Å². The maximum atomic E-state index is 11.8. The van der Waals surface area contributed by atoms with Crippen LogP contribution in [0.3, 0.4) is 0 Å². The smallest absolute Gasteiger partial charge is 0.418 e. The van der Waals surface area contributed by atoms with Crippen LogP contribution in [0.5, 0.6) is 0 Å². The predicted molar refractivity (Wildman–Crippen MR) is 61.2 cm³/mol. The van der Waals surface area contributed by atoms with Crippen LogP contribution in [0.4, 0.5) is 4.79 Å². The number of aliphatic hydroxyl groups is 1. The number of nitrogens with zero attached hydrogens (tertiary/aromatic N) is 1. The molecule has 4 heteroatoms. The number of aliphatic hydroxyl groups excluding tert-OH is 1. The molecule has 0 aromatic carbocycles. The highest BCUT2D eigenvalue weighted by atomic mass is 16.6. The minimum Gasteiger partial charge on any atom is -0.443 e. The molecule has 1 rings (SSSR count). The van der Waals surface area contributed by atoms with Crippen LogP contribution < -0.4 is 0 Å². The summed E-state index contributed by atoms with van der Waals surface area (Å²) >= 11 is 0. The Balaban J connectivity index is 2.92. The van der Waals surface area contributed by atoms with Gasteiger partial charge in [0.05, 0.1) is 5.69 Å².